The molecule has 1 aromatic heterocycles. The molecule has 9 heteroatoms. The van der Waals surface area contributed by atoms with Gasteiger partial charge in [0.25, 0.3) is 0 Å². The molecule has 1 aliphatic rings. The minimum absolute atomic E-state index is 0.112. The summed E-state index contributed by atoms with van der Waals surface area (Å²) in [6.07, 6.45) is 2.60. The summed E-state index contributed by atoms with van der Waals surface area (Å²) in [5.74, 6) is 0.0312. The van der Waals surface area contributed by atoms with Crippen LogP contribution in [0.25, 0.3) is 10.9 Å². The monoisotopic (exact) mass is 462 g/mol. The van der Waals surface area contributed by atoms with Crippen molar-refractivity contribution >= 4 is 30.6 Å². The molecule has 4 rings (SSSR count). The highest BCUT2D eigenvalue weighted by Gasteiger charge is 2.45. The third-order valence-electron chi connectivity index (χ3n) is 5.64. The number of sulfone groups is 2. The van der Waals surface area contributed by atoms with Crippen LogP contribution in [0, 0.1) is 0 Å². The Labute approximate surface area is 182 Å². The lowest BCUT2D eigenvalue weighted by atomic mass is 10.1. The van der Waals surface area contributed by atoms with Crippen LogP contribution in [0.5, 0.6) is 5.75 Å². The van der Waals surface area contributed by atoms with Gasteiger partial charge in [-0.1, -0.05) is 18.2 Å². The Morgan fingerprint density at radius 1 is 1.10 bits per heavy atom. The Balaban J connectivity index is 1.49. The smallest absolute Gasteiger partial charge is 0.183 e. The standard InChI is InChI=1S/C22H26N2O5S2/c1-2-29-17-7-9-18(10-8-17)31(27,28)22-15-30(25,26)14-21(22)23-12-11-16-13-24-20-6-4-3-5-19(16)20/h3-10,13,21-24H,2,11-12,14-15H2,1H3/t21-,22-/m1/s1. The van der Waals surface area contributed by atoms with Crippen LogP contribution in [0.1, 0.15) is 12.5 Å². The Morgan fingerprint density at radius 3 is 2.58 bits per heavy atom. The lowest BCUT2D eigenvalue weighted by molar-refractivity contribution is 0.340. The average molecular weight is 463 g/mol. The van der Waals surface area contributed by atoms with Crippen molar-refractivity contribution < 1.29 is 21.6 Å². The molecule has 1 fully saturated rings. The normalized spacial score (nSPS) is 20.8. The van der Waals surface area contributed by atoms with Gasteiger partial charge in [0.15, 0.2) is 19.7 Å². The first-order valence-corrected chi connectivity index (χ1v) is 13.6. The Hall–Kier alpha value is -2.36. The van der Waals surface area contributed by atoms with Crippen LogP contribution in [0.3, 0.4) is 0 Å². The molecule has 2 heterocycles. The fraction of sp³-hybridized carbons (Fsp3) is 0.364. The minimum Gasteiger partial charge on any atom is -0.494 e. The first-order chi connectivity index (χ1) is 14.8. The molecule has 3 aromatic rings. The molecule has 2 atom stereocenters. The van der Waals surface area contributed by atoms with Gasteiger partial charge >= 0.3 is 0 Å². The molecule has 31 heavy (non-hydrogen) atoms. The third kappa shape index (κ3) is 4.63. The summed E-state index contributed by atoms with van der Waals surface area (Å²) in [6.45, 7) is 2.81. The van der Waals surface area contributed by atoms with Crippen LogP contribution in [-0.2, 0) is 26.1 Å². The number of H-pyrrole nitrogens is 1. The molecule has 0 spiro atoms. The maximum Gasteiger partial charge on any atom is 0.183 e. The lowest BCUT2D eigenvalue weighted by Gasteiger charge is -2.20. The number of ether oxygens (including phenoxy) is 1. The number of hydrogen-bond donors (Lipinski definition) is 2. The van der Waals surface area contributed by atoms with E-state index in [-0.39, 0.29) is 16.4 Å². The van der Waals surface area contributed by atoms with Crippen LogP contribution < -0.4 is 10.1 Å². The maximum atomic E-state index is 13.2. The van der Waals surface area contributed by atoms with Crippen molar-refractivity contribution in [3.05, 3.63) is 60.3 Å². The molecule has 7 nitrogen and oxygen atoms in total. The Kier molecular flexibility index (Phi) is 6.09. The maximum absolute atomic E-state index is 13.2. The van der Waals surface area contributed by atoms with Gasteiger partial charge in [0, 0.05) is 23.1 Å². The fourth-order valence-corrected chi connectivity index (χ4v) is 8.83. The first kappa shape index (κ1) is 21.9. The van der Waals surface area contributed by atoms with Gasteiger partial charge in [0.1, 0.15) is 5.75 Å². The number of para-hydroxylation sites is 1. The van der Waals surface area contributed by atoms with E-state index in [9.17, 15) is 16.8 Å². The number of nitrogens with one attached hydrogen (secondary N) is 2. The second-order valence-electron chi connectivity index (χ2n) is 7.73. The van der Waals surface area contributed by atoms with Crippen molar-refractivity contribution in [2.45, 2.75) is 29.5 Å². The Bertz CT molecular complexity index is 1260. The molecule has 166 valence electrons. The van der Waals surface area contributed by atoms with Crippen LogP contribution in [0.15, 0.2) is 59.6 Å². The number of benzene rings is 2. The quantitative estimate of drug-likeness (QED) is 0.532. The average Bonchev–Trinajstić information content (AvgIpc) is 3.29. The predicted molar refractivity (Wildman–Crippen MR) is 121 cm³/mol. The largest absolute Gasteiger partial charge is 0.494 e. The summed E-state index contributed by atoms with van der Waals surface area (Å²) in [4.78, 5) is 3.33. The SMILES string of the molecule is CCOc1ccc(S(=O)(=O)[C@@H]2CS(=O)(=O)C[C@H]2NCCc2c[nH]c3ccccc23)cc1. The number of fused-ring (bicyclic) bond motifs is 1. The second kappa shape index (κ2) is 8.64. The van der Waals surface area contributed by atoms with Crippen molar-refractivity contribution in [1.29, 1.82) is 0 Å². The zero-order chi connectivity index (χ0) is 22.1. The minimum atomic E-state index is -3.81. The van der Waals surface area contributed by atoms with Gasteiger partial charge in [-0.05, 0) is 55.8 Å². The van der Waals surface area contributed by atoms with E-state index in [1.165, 1.54) is 12.1 Å². The third-order valence-corrected chi connectivity index (χ3v) is 9.80. The van der Waals surface area contributed by atoms with Gasteiger partial charge in [-0.2, -0.15) is 0 Å². The van der Waals surface area contributed by atoms with E-state index in [1.807, 2.05) is 37.4 Å². The fourth-order valence-electron chi connectivity index (χ4n) is 4.11. The van der Waals surface area contributed by atoms with Crippen molar-refractivity contribution in [1.82, 2.24) is 10.3 Å². The molecular weight excluding hydrogens is 436 g/mol. The van der Waals surface area contributed by atoms with E-state index < -0.39 is 31.0 Å². The van der Waals surface area contributed by atoms with Crippen LogP contribution in [0.2, 0.25) is 0 Å². The van der Waals surface area contributed by atoms with E-state index in [0.29, 0.717) is 25.3 Å². The molecule has 0 saturated carbocycles. The van der Waals surface area contributed by atoms with Gasteiger partial charge in [0.2, 0.25) is 0 Å². The van der Waals surface area contributed by atoms with Crippen molar-refractivity contribution in [2.24, 2.45) is 0 Å². The predicted octanol–water partition coefficient (Wildman–Crippen LogP) is 2.34. The molecule has 0 radical (unpaired) electrons. The highest BCUT2D eigenvalue weighted by Crippen LogP contribution is 2.27. The summed E-state index contributed by atoms with van der Waals surface area (Å²) < 4.78 is 56.4. The molecule has 0 unspecified atom stereocenters. The summed E-state index contributed by atoms with van der Waals surface area (Å²) in [5.41, 5.74) is 2.15. The molecular formula is C22H26N2O5S2. The molecule has 0 bridgehead atoms. The molecule has 1 aliphatic heterocycles. The summed E-state index contributed by atoms with van der Waals surface area (Å²) in [5, 5.41) is 3.30. The molecule has 1 saturated heterocycles. The summed E-state index contributed by atoms with van der Waals surface area (Å²) in [6, 6.07) is 13.5. The van der Waals surface area contributed by atoms with Crippen LogP contribution >= 0.6 is 0 Å². The number of aromatic nitrogens is 1. The van der Waals surface area contributed by atoms with Crippen molar-refractivity contribution in [2.75, 3.05) is 24.7 Å². The topological polar surface area (TPSA) is 105 Å². The molecule has 2 aromatic carbocycles. The molecule has 0 aliphatic carbocycles. The van der Waals surface area contributed by atoms with E-state index in [1.54, 1.807) is 12.1 Å². The van der Waals surface area contributed by atoms with Gasteiger partial charge < -0.3 is 15.0 Å². The summed E-state index contributed by atoms with van der Waals surface area (Å²) >= 11 is 0. The number of rotatable bonds is 8. The van der Waals surface area contributed by atoms with Crippen LogP contribution in [0.4, 0.5) is 0 Å². The lowest BCUT2D eigenvalue weighted by Crippen LogP contribution is -2.44. The second-order valence-corrected chi connectivity index (χ2v) is 12.1. The molecule has 2 N–H and O–H groups in total. The summed E-state index contributed by atoms with van der Waals surface area (Å²) in [7, 11) is -7.26. The van der Waals surface area contributed by atoms with Gasteiger partial charge in [0.05, 0.1) is 28.3 Å². The van der Waals surface area contributed by atoms with Gasteiger partial charge in [-0.15, -0.1) is 0 Å². The van der Waals surface area contributed by atoms with Crippen LogP contribution in [-0.4, -0.2) is 57.8 Å². The van der Waals surface area contributed by atoms with E-state index >= 15 is 0 Å². The highest BCUT2D eigenvalue weighted by molar-refractivity contribution is 7.96. The van der Waals surface area contributed by atoms with Crippen molar-refractivity contribution in [3.8, 4) is 5.75 Å². The highest BCUT2D eigenvalue weighted by atomic mass is 32.2. The van der Waals surface area contributed by atoms with Gasteiger partial charge in [-0.3, -0.25) is 0 Å². The van der Waals surface area contributed by atoms with Crippen molar-refractivity contribution in [3.63, 3.8) is 0 Å². The van der Waals surface area contributed by atoms with E-state index in [2.05, 4.69) is 10.3 Å². The van der Waals surface area contributed by atoms with E-state index in [4.69, 9.17) is 4.74 Å². The first-order valence-electron chi connectivity index (χ1n) is 10.3. The number of aromatic amines is 1. The van der Waals surface area contributed by atoms with Gasteiger partial charge in [-0.25, -0.2) is 16.8 Å². The zero-order valence-electron chi connectivity index (χ0n) is 17.2. The Morgan fingerprint density at radius 2 is 1.84 bits per heavy atom. The number of hydrogen-bond acceptors (Lipinski definition) is 6. The molecule has 0 amide bonds. The van der Waals surface area contributed by atoms with E-state index in [0.717, 1.165) is 16.5 Å². The zero-order valence-corrected chi connectivity index (χ0v) is 18.9.